The average Bonchev–Trinajstić information content (AvgIpc) is 2.79. The molecule has 0 bridgehead atoms. The zero-order chi connectivity index (χ0) is 22.5. The van der Waals surface area contributed by atoms with Crippen molar-refractivity contribution in [2.24, 2.45) is 0 Å². The fourth-order valence-electron chi connectivity index (χ4n) is 3.27. The van der Waals surface area contributed by atoms with Crippen LogP contribution in [0.25, 0.3) is 10.9 Å². The number of fused-ring (bicyclic) bond motifs is 1. The van der Waals surface area contributed by atoms with Gasteiger partial charge in [-0.1, -0.05) is 12.1 Å². The molecule has 0 saturated heterocycles. The number of ether oxygens (including phenoxy) is 3. The molecule has 0 fully saturated rings. The van der Waals surface area contributed by atoms with Crippen LogP contribution in [0.15, 0.2) is 41.2 Å². The number of methoxy groups -OCH3 is 3. The van der Waals surface area contributed by atoms with Crippen LogP contribution in [-0.2, 0) is 11.3 Å². The van der Waals surface area contributed by atoms with Crippen molar-refractivity contribution in [2.45, 2.75) is 19.5 Å². The zero-order valence-corrected chi connectivity index (χ0v) is 17.6. The Bertz CT molecular complexity index is 1200. The van der Waals surface area contributed by atoms with Gasteiger partial charge in [-0.3, -0.25) is 14.2 Å². The van der Waals surface area contributed by atoms with E-state index in [1.54, 1.807) is 43.3 Å². The smallest absolute Gasteiger partial charge is 0.261 e. The van der Waals surface area contributed by atoms with Crippen LogP contribution in [0.3, 0.4) is 0 Å². The number of nitrogens with one attached hydrogen (secondary N) is 1. The lowest BCUT2D eigenvalue weighted by molar-refractivity contribution is -0.122. The average molecular weight is 422 g/mol. The van der Waals surface area contributed by atoms with E-state index in [9.17, 15) is 14.9 Å². The number of aryl methyl sites for hydroxylation is 1. The highest BCUT2D eigenvalue weighted by Crippen LogP contribution is 2.39. The van der Waals surface area contributed by atoms with Crippen molar-refractivity contribution in [1.82, 2.24) is 14.9 Å². The maximum atomic E-state index is 12.8. The Hall–Kier alpha value is -4.06. The number of rotatable bonds is 7. The summed E-state index contributed by atoms with van der Waals surface area (Å²) in [6.07, 6.45) is 0. The van der Waals surface area contributed by atoms with Gasteiger partial charge in [0.1, 0.15) is 18.4 Å². The first-order valence-electron chi connectivity index (χ1n) is 9.38. The predicted octanol–water partition coefficient (Wildman–Crippen LogP) is 2.11. The molecule has 2 aromatic carbocycles. The number of aromatic nitrogens is 2. The van der Waals surface area contributed by atoms with Crippen molar-refractivity contribution in [1.29, 1.82) is 5.26 Å². The molecule has 1 N–H and O–H groups in total. The van der Waals surface area contributed by atoms with Crippen molar-refractivity contribution in [3.63, 3.8) is 0 Å². The predicted molar refractivity (Wildman–Crippen MR) is 113 cm³/mol. The van der Waals surface area contributed by atoms with E-state index in [1.165, 1.54) is 25.9 Å². The summed E-state index contributed by atoms with van der Waals surface area (Å²) in [6.45, 7) is 1.38. The molecule has 0 aliphatic carbocycles. The molecule has 0 spiro atoms. The van der Waals surface area contributed by atoms with Gasteiger partial charge in [-0.2, -0.15) is 5.26 Å². The molecular weight excluding hydrogens is 400 g/mol. The lowest BCUT2D eigenvalue weighted by atomic mass is 10.1. The van der Waals surface area contributed by atoms with Crippen molar-refractivity contribution in [3.8, 4) is 23.3 Å². The molecule has 9 heteroatoms. The first-order chi connectivity index (χ1) is 14.9. The maximum Gasteiger partial charge on any atom is 0.261 e. The number of hydrogen-bond acceptors (Lipinski definition) is 7. The summed E-state index contributed by atoms with van der Waals surface area (Å²) < 4.78 is 17.2. The van der Waals surface area contributed by atoms with Crippen molar-refractivity contribution >= 4 is 16.8 Å². The van der Waals surface area contributed by atoms with Crippen LogP contribution in [0.1, 0.15) is 17.4 Å². The van der Waals surface area contributed by atoms with Gasteiger partial charge in [-0.25, -0.2) is 4.98 Å². The van der Waals surface area contributed by atoms with Gasteiger partial charge in [0.2, 0.25) is 11.7 Å². The normalized spacial score (nSPS) is 11.5. The Labute approximate surface area is 178 Å². The molecule has 9 nitrogen and oxygen atoms in total. The summed E-state index contributed by atoms with van der Waals surface area (Å²) in [4.78, 5) is 29.9. The lowest BCUT2D eigenvalue weighted by Gasteiger charge is -2.18. The molecule has 3 rings (SSSR count). The van der Waals surface area contributed by atoms with Crippen LogP contribution >= 0.6 is 0 Å². The second-order valence-electron chi connectivity index (χ2n) is 6.66. The number of benzene rings is 2. The molecule has 1 atom stereocenters. The number of hydrogen-bond donors (Lipinski definition) is 1. The summed E-state index contributed by atoms with van der Waals surface area (Å²) in [5.74, 6) is 0.984. The Balaban J connectivity index is 1.89. The van der Waals surface area contributed by atoms with Crippen molar-refractivity contribution in [3.05, 3.63) is 58.1 Å². The number of nitriles is 1. The van der Waals surface area contributed by atoms with E-state index in [-0.39, 0.29) is 12.1 Å². The standard InChI is InChI=1S/C22H22N4O5/c1-13-24-16-8-6-5-7-15(16)22(28)26(13)12-20(27)25-17(11-23)14-9-18(29-2)21(31-4)19(10-14)30-3/h5-10,17H,12H2,1-4H3,(H,25,27). The fraction of sp³-hybridized carbons (Fsp3) is 0.273. The Morgan fingerprint density at radius 1 is 1.16 bits per heavy atom. The topological polar surface area (TPSA) is 115 Å². The third kappa shape index (κ3) is 4.28. The van der Waals surface area contributed by atoms with Crippen LogP contribution in [-0.4, -0.2) is 36.8 Å². The number of para-hydroxylation sites is 1. The minimum absolute atomic E-state index is 0.273. The van der Waals surface area contributed by atoms with E-state index in [0.29, 0.717) is 39.5 Å². The minimum atomic E-state index is -0.995. The fourth-order valence-corrected chi connectivity index (χ4v) is 3.27. The molecule has 1 aromatic heterocycles. The van der Waals surface area contributed by atoms with Gasteiger partial charge in [0, 0.05) is 0 Å². The molecule has 3 aromatic rings. The van der Waals surface area contributed by atoms with Crippen molar-refractivity contribution in [2.75, 3.05) is 21.3 Å². The van der Waals surface area contributed by atoms with Gasteiger partial charge >= 0.3 is 0 Å². The highest BCUT2D eigenvalue weighted by atomic mass is 16.5. The monoisotopic (exact) mass is 422 g/mol. The third-order valence-corrected chi connectivity index (χ3v) is 4.81. The third-order valence-electron chi connectivity index (χ3n) is 4.81. The molecule has 1 heterocycles. The van der Waals surface area contributed by atoms with E-state index in [2.05, 4.69) is 10.3 Å². The molecule has 0 aliphatic rings. The first kappa shape index (κ1) is 21.6. The van der Waals surface area contributed by atoms with E-state index in [0.717, 1.165) is 0 Å². The van der Waals surface area contributed by atoms with Gasteiger partial charge in [0.15, 0.2) is 11.5 Å². The van der Waals surface area contributed by atoms with Crippen LogP contribution in [0.2, 0.25) is 0 Å². The summed E-state index contributed by atoms with van der Waals surface area (Å²) in [5.41, 5.74) is 0.694. The minimum Gasteiger partial charge on any atom is -0.493 e. The van der Waals surface area contributed by atoms with Gasteiger partial charge < -0.3 is 19.5 Å². The van der Waals surface area contributed by atoms with Crippen LogP contribution in [0.4, 0.5) is 0 Å². The van der Waals surface area contributed by atoms with E-state index < -0.39 is 11.9 Å². The molecular formula is C22H22N4O5. The molecule has 1 unspecified atom stereocenters. The number of nitrogens with zero attached hydrogens (tertiary/aromatic N) is 3. The zero-order valence-electron chi connectivity index (χ0n) is 17.6. The lowest BCUT2D eigenvalue weighted by Crippen LogP contribution is -2.35. The van der Waals surface area contributed by atoms with Crippen LogP contribution in [0, 0.1) is 18.3 Å². The van der Waals surface area contributed by atoms with E-state index >= 15 is 0 Å². The largest absolute Gasteiger partial charge is 0.493 e. The highest BCUT2D eigenvalue weighted by molar-refractivity contribution is 5.79. The van der Waals surface area contributed by atoms with Gasteiger partial charge in [0.05, 0.1) is 38.3 Å². The molecule has 31 heavy (non-hydrogen) atoms. The number of carbonyl (C=O) groups excluding carboxylic acids is 1. The summed E-state index contributed by atoms with van der Waals surface area (Å²) in [6, 6.07) is 11.2. The summed E-state index contributed by atoms with van der Waals surface area (Å²) in [5, 5.41) is 12.7. The number of amides is 1. The Kier molecular flexibility index (Phi) is 6.40. The Morgan fingerprint density at radius 2 is 1.81 bits per heavy atom. The summed E-state index contributed by atoms with van der Waals surface area (Å²) >= 11 is 0. The van der Waals surface area contributed by atoms with Gasteiger partial charge in [-0.15, -0.1) is 0 Å². The molecule has 160 valence electrons. The molecule has 0 radical (unpaired) electrons. The quantitative estimate of drug-likeness (QED) is 0.620. The first-order valence-corrected chi connectivity index (χ1v) is 9.38. The second kappa shape index (κ2) is 9.17. The van der Waals surface area contributed by atoms with E-state index in [4.69, 9.17) is 14.2 Å². The maximum absolute atomic E-state index is 12.8. The van der Waals surface area contributed by atoms with Gasteiger partial charge in [0.25, 0.3) is 5.56 Å². The van der Waals surface area contributed by atoms with Crippen LogP contribution in [0.5, 0.6) is 17.2 Å². The molecule has 1 amide bonds. The summed E-state index contributed by atoms with van der Waals surface area (Å²) in [7, 11) is 4.40. The Morgan fingerprint density at radius 3 is 2.39 bits per heavy atom. The van der Waals surface area contributed by atoms with Gasteiger partial charge in [-0.05, 0) is 36.8 Å². The highest BCUT2D eigenvalue weighted by Gasteiger charge is 2.21. The molecule has 0 saturated carbocycles. The SMILES string of the molecule is COc1cc(C(C#N)NC(=O)Cn2c(C)nc3ccccc3c2=O)cc(OC)c1OC. The van der Waals surface area contributed by atoms with Crippen molar-refractivity contribution < 1.29 is 19.0 Å². The van der Waals surface area contributed by atoms with E-state index in [1.807, 2.05) is 6.07 Å². The molecule has 0 aliphatic heterocycles. The van der Waals surface area contributed by atoms with Crippen LogP contribution < -0.4 is 25.1 Å². The second-order valence-corrected chi connectivity index (χ2v) is 6.66. The number of carbonyl (C=O) groups is 1.